The molecule has 0 spiro atoms. The molecular formula is C37H32ClFN4O2. The predicted molar refractivity (Wildman–Crippen MR) is 180 cm³/mol. The number of aromatic nitrogens is 1. The third-order valence-corrected chi connectivity index (χ3v) is 9.02. The summed E-state index contributed by atoms with van der Waals surface area (Å²) in [6, 6.07) is 23.7. The molecule has 1 fully saturated rings. The molecule has 5 aromatic rings. The highest BCUT2D eigenvalue weighted by Gasteiger charge is 2.31. The van der Waals surface area contributed by atoms with Gasteiger partial charge in [0.2, 0.25) is 5.91 Å². The fourth-order valence-corrected chi connectivity index (χ4v) is 6.80. The quantitative estimate of drug-likeness (QED) is 0.188. The number of nitrogens with zero attached hydrogens (tertiary/aromatic N) is 4. The zero-order valence-electron chi connectivity index (χ0n) is 25.3. The summed E-state index contributed by atoms with van der Waals surface area (Å²) in [5.74, 6) is -0.401. The Morgan fingerprint density at radius 3 is 2.42 bits per heavy atom. The molecule has 1 saturated heterocycles. The first-order valence-electron chi connectivity index (χ1n) is 14.9. The first-order valence-corrected chi connectivity index (χ1v) is 15.3. The van der Waals surface area contributed by atoms with Gasteiger partial charge >= 0.3 is 0 Å². The lowest BCUT2D eigenvalue weighted by atomic mass is 9.95. The minimum atomic E-state index is -0.442. The Morgan fingerprint density at radius 1 is 1.02 bits per heavy atom. The van der Waals surface area contributed by atoms with Crippen molar-refractivity contribution in [2.24, 2.45) is 0 Å². The van der Waals surface area contributed by atoms with E-state index < -0.39 is 5.56 Å². The lowest BCUT2D eigenvalue weighted by Crippen LogP contribution is -2.54. The minimum absolute atomic E-state index is 0.00690. The molecule has 1 amide bonds. The first-order chi connectivity index (χ1) is 21.7. The van der Waals surface area contributed by atoms with Crippen molar-refractivity contribution in [2.75, 3.05) is 24.5 Å². The second kappa shape index (κ2) is 11.9. The Balaban J connectivity index is 1.71. The smallest absolute Gasteiger partial charge is 0.275 e. The molecule has 6 nitrogen and oxygen atoms in total. The van der Waals surface area contributed by atoms with Crippen molar-refractivity contribution in [3.63, 3.8) is 0 Å². The summed E-state index contributed by atoms with van der Waals surface area (Å²) in [7, 11) is 0. The Labute approximate surface area is 266 Å². The monoisotopic (exact) mass is 618 g/mol. The standard InChI is InChI=1S/C37H32ClFN4O2/c1-5-35(44)41-16-17-42(23(4)21-41)36-29-18-31(38)28(26-14-15-32(39)27-12-7-6-11-25(26)27)19-34(29)43(37(45)30(36)20-40)33-13-9-8-10-24(33)22(2)3/h5-15,18-19,22-23H,1,16-17,21H2,2-4H3/t23-/m0/s1. The largest absolute Gasteiger partial charge is 0.363 e. The number of fused-ring (bicyclic) bond motifs is 2. The second-order valence-electron chi connectivity index (χ2n) is 11.7. The van der Waals surface area contributed by atoms with Crippen LogP contribution in [0.3, 0.4) is 0 Å². The van der Waals surface area contributed by atoms with Gasteiger partial charge in [-0.05, 0) is 59.7 Å². The van der Waals surface area contributed by atoms with Gasteiger partial charge in [-0.3, -0.25) is 14.2 Å². The van der Waals surface area contributed by atoms with Crippen LogP contribution in [0.1, 0.15) is 37.8 Å². The van der Waals surface area contributed by atoms with Crippen LogP contribution in [0.15, 0.2) is 90.2 Å². The molecule has 1 atom stereocenters. The van der Waals surface area contributed by atoms with E-state index in [2.05, 4.69) is 26.5 Å². The van der Waals surface area contributed by atoms with Crippen molar-refractivity contribution in [3.8, 4) is 22.9 Å². The van der Waals surface area contributed by atoms with Crippen LogP contribution < -0.4 is 10.5 Å². The maximum atomic E-state index is 14.8. The predicted octanol–water partition coefficient (Wildman–Crippen LogP) is 7.82. The van der Waals surface area contributed by atoms with Crippen LogP contribution in [0.4, 0.5) is 10.1 Å². The molecule has 0 bridgehead atoms. The van der Waals surface area contributed by atoms with Crippen LogP contribution in [-0.2, 0) is 4.79 Å². The lowest BCUT2D eigenvalue weighted by molar-refractivity contribution is -0.126. The number of carbonyl (C=O) groups is 1. The number of benzene rings is 4. The third-order valence-electron chi connectivity index (χ3n) is 8.71. The SMILES string of the molecule is C=CC(=O)N1CCN(c2c(C#N)c(=O)n(-c3ccccc3C(C)C)c3cc(-c4ccc(F)c5ccccc45)c(Cl)cc23)[C@@H](C)C1. The van der Waals surface area contributed by atoms with Crippen LogP contribution in [0.25, 0.3) is 38.5 Å². The molecule has 6 rings (SSSR count). The van der Waals surface area contributed by atoms with E-state index in [-0.39, 0.29) is 29.2 Å². The van der Waals surface area contributed by atoms with E-state index in [9.17, 15) is 19.2 Å². The van der Waals surface area contributed by atoms with Crippen LogP contribution in [0, 0.1) is 17.1 Å². The molecule has 0 aliphatic carbocycles. The average Bonchev–Trinajstić information content (AvgIpc) is 3.04. The highest BCUT2D eigenvalue weighted by atomic mass is 35.5. The Kier molecular flexibility index (Phi) is 7.94. The zero-order valence-corrected chi connectivity index (χ0v) is 26.1. The van der Waals surface area contributed by atoms with Crippen LogP contribution in [-0.4, -0.2) is 41.1 Å². The van der Waals surface area contributed by atoms with E-state index in [1.807, 2.05) is 60.4 Å². The molecule has 1 aliphatic heterocycles. The molecule has 1 aliphatic rings. The minimum Gasteiger partial charge on any atom is -0.363 e. The number of pyridine rings is 1. The third kappa shape index (κ3) is 5.05. The average molecular weight is 619 g/mol. The molecule has 0 unspecified atom stereocenters. The van der Waals surface area contributed by atoms with Crippen LogP contribution >= 0.6 is 11.6 Å². The van der Waals surface area contributed by atoms with Gasteiger partial charge in [0.05, 0.1) is 16.9 Å². The van der Waals surface area contributed by atoms with Gasteiger partial charge in [-0.25, -0.2) is 4.39 Å². The number of halogens is 2. The van der Waals surface area contributed by atoms with E-state index >= 15 is 0 Å². The van der Waals surface area contributed by atoms with Crippen molar-refractivity contribution in [2.45, 2.75) is 32.7 Å². The van der Waals surface area contributed by atoms with Crippen molar-refractivity contribution in [1.82, 2.24) is 9.47 Å². The topological polar surface area (TPSA) is 69.3 Å². The summed E-state index contributed by atoms with van der Waals surface area (Å²) in [4.78, 5) is 30.7. The summed E-state index contributed by atoms with van der Waals surface area (Å²) in [6.07, 6.45) is 1.30. The van der Waals surface area contributed by atoms with E-state index in [1.54, 1.807) is 27.7 Å². The van der Waals surface area contributed by atoms with Crippen molar-refractivity contribution in [3.05, 3.63) is 118 Å². The van der Waals surface area contributed by atoms with E-state index in [0.29, 0.717) is 63.3 Å². The molecule has 226 valence electrons. The van der Waals surface area contributed by atoms with Gasteiger partial charge in [0, 0.05) is 47.0 Å². The summed E-state index contributed by atoms with van der Waals surface area (Å²) >= 11 is 7.08. The number of nitriles is 1. The van der Waals surface area contributed by atoms with E-state index in [1.165, 1.54) is 12.1 Å². The normalized spacial score (nSPS) is 15.1. The Bertz CT molecular complexity index is 2110. The Hall–Kier alpha value is -4.93. The molecule has 1 aromatic heterocycles. The molecule has 8 heteroatoms. The van der Waals surface area contributed by atoms with Crippen molar-refractivity contribution < 1.29 is 9.18 Å². The molecular weight excluding hydrogens is 587 g/mol. The number of rotatable bonds is 5. The van der Waals surface area contributed by atoms with Gasteiger partial charge in [-0.2, -0.15) is 5.26 Å². The van der Waals surface area contributed by atoms with Crippen LogP contribution in [0.2, 0.25) is 5.02 Å². The zero-order chi connectivity index (χ0) is 32.0. The fourth-order valence-electron chi connectivity index (χ4n) is 6.53. The number of hydrogen-bond acceptors (Lipinski definition) is 4. The molecule has 0 radical (unpaired) electrons. The van der Waals surface area contributed by atoms with E-state index in [0.717, 1.165) is 11.1 Å². The highest BCUT2D eigenvalue weighted by Crippen LogP contribution is 2.41. The van der Waals surface area contributed by atoms with Crippen molar-refractivity contribution in [1.29, 1.82) is 5.26 Å². The number of anilines is 1. The molecule has 4 aromatic carbocycles. The first kappa shape index (κ1) is 30.1. The molecule has 45 heavy (non-hydrogen) atoms. The number of amides is 1. The van der Waals surface area contributed by atoms with Gasteiger partial charge in [0.1, 0.15) is 17.4 Å². The summed E-state index contributed by atoms with van der Waals surface area (Å²) in [6.45, 7) is 10.9. The Morgan fingerprint density at radius 2 is 1.73 bits per heavy atom. The molecule has 2 heterocycles. The van der Waals surface area contributed by atoms with Gasteiger partial charge in [0.25, 0.3) is 5.56 Å². The van der Waals surface area contributed by atoms with Gasteiger partial charge < -0.3 is 9.80 Å². The van der Waals surface area contributed by atoms with Gasteiger partial charge in [-0.1, -0.05) is 80.6 Å². The number of piperazine rings is 1. The summed E-state index contributed by atoms with van der Waals surface area (Å²) in [5, 5.41) is 12.7. The molecule has 0 N–H and O–H groups in total. The number of para-hydroxylation sites is 1. The maximum Gasteiger partial charge on any atom is 0.275 e. The van der Waals surface area contributed by atoms with Gasteiger partial charge in [0.15, 0.2) is 0 Å². The second-order valence-corrected chi connectivity index (χ2v) is 12.1. The maximum absolute atomic E-state index is 14.8. The summed E-state index contributed by atoms with van der Waals surface area (Å²) in [5.41, 5.74) is 3.63. The molecule has 0 saturated carbocycles. The number of carbonyl (C=O) groups excluding carboxylic acids is 1. The van der Waals surface area contributed by atoms with Crippen LogP contribution in [0.5, 0.6) is 0 Å². The van der Waals surface area contributed by atoms with Gasteiger partial charge in [-0.15, -0.1) is 0 Å². The van der Waals surface area contributed by atoms with Crippen molar-refractivity contribution >= 4 is 44.9 Å². The fraction of sp³-hybridized carbons (Fsp3) is 0.216. The lowest BCUT2D eigenvalue weighted by Gasteiger charge is -2.41. The van der Waals surface area contributed by atoms with E-state index in [4.69, 9.17) is 11.6 Å². The number of hydrogen-bond donors (Lipinski definition) is 0. The summed E-state index contributed by atoms with van der Waals surface area (Å²) < 4.78 is 16.4. The highest BCUT2D eigenvalue weighted by molar-refractivity contribution is 6.35.